The van der Waals surface area contributed by atoms with Gasteiger partial charge in [-0.3, -0.25) is 0 Å². The topological polar surface area (TPSA) is 12.5 Å². The van der Waals surface area contributed by atoms with Crippen molar-refractivity contribution in [3.05, 3.63) is 161 Å². The lowest BCUT2D eigenvalue weighted by Crippen LogP contribution is -2.74. The molecular weight excluding hydrogens is 775 g/mol. The summed E-state index contributed by atoms with van der Waals surface area (Å²) < 4.78 is 6.89. The number of hydrogen-bond acceptors (Lipinski definition) is 2. The molecule has 13 rings (SSSR count). The molecule has 6 aliphatic carbocycles. The molecule has 64 heavy (non-hydrogen) atoms. The summed E-state index contributed by atoms with van der Waals surface area (Å²) in [6, 6.07) is 49.7. The van der Waals surface area contributed by atoms with Gasteiger partial charge >= 0.3 is 0 Å². The smallest absolute Gasteiger partial charge is 0.131 e. The van der Waals surface area contributed by atoms with E-state index in [1.165, 1.54) is 124 Å². The van der Waals surface area contributed by atoms with Gasteiger partial charge in [-0.25, -0.2) is 0 Å². The number of anilines is 3. The maximum atomic E-state index is 6.89. The zero-order chi connectivity index (χ0) is 43.8. The van der Waals surface area contributed by atoms with Gasteiger partial charge in [-0.15, -0.1) is 0 Å². The zero-order valence-electron chi connectivity index (χ0n) is 39.4. The van der Waals surface area contributed by atoms with Crippen molar-refractivity contribution >= 4 is 17.1 Å². The van der Waals surface area contributed by atoms with E-state index in [4.69, 9.17) is 4.74 Å². The van der Waals surface area contributed by atoms with Crippen molar-refractivity contribution in [2.75, 3.05) is 4.90 Å². The van der Waals surface area contributed by atoms with Crippen LogP contribution in [0.1, 0.15) is 140 Å². The van der Waals surface area contributed by atoms with Crippen LogP contribution in [0, 0.1) is 29.1 Å². The van der Waals surface area contributed by atoms with Crippen LogP contribution in [-0.2, 0) is 27.1 Å². The van der Waals surface area contributed by atoms with Gasteiger partial charge in [0.25, 0.3) is 0 Å². The van der Waals surface area contributed by atoms with E-state index < -0.39 is 0 Å². The van der Waals surface area contributed by atoms with E-state index in [2.05, 4.69) is 188 Å². The molecule has 0 aromatic heterocycles. The number of benzene rings is 6. The fourth-order valence-corrected chi connectivity index (χ4v) is 15.8. The van der Waals surface area contributed by atoms with Crippen molar-refractivity contribution in [3.8, 4) is 33.8 Å². The highest BCUT2D eigenvalue weighted by Gasteiger charge is 2.84. The van der Waals surface area contributed by atoms with E-state index in [1.807, 2.05) is 0 Å². The Kier molecular flexibility index (Phi) is 7.88. The molecule has 6 aromatic carbocycles. The van der Waals surface area contributed by atoms with Crippen LogP contribution >= 0.6 is 0 Å². The number of rotatable bonds is 5. The van der Waals surface area contributed by atoms with Gasteiger partial charge in [-0.2, -0.15) is 0 Å². The SMILES string of the molecule is CC1(C)CCC(C)(C)c2cc(-c3ccc(N(c4ccc(-c5ccc6c(c5)C(C)(C)CCC6(C)C)cc4)c4ccc5c(c4)C4(c6ccccc6O5)C5CC6CC7CC4C75C6)cc3)ccc21. The molecule has 7 aliphatic rings. The summed E-state index contributed by atoms with van der Waals surface area (Å²) in [6.07, 6.45) is 10.6. The van der Waals surface area contributed by atoms with Crippen LogP contribution in [0.5, 0.6) is 11.5 Å². The molecular formula is C62H65NO. The number of hydrogen-bond donors (Lipinski definition) is 0. The minimum absolute atomic E-state index is 0.0226. The highest BCUT2D eigenvalue weighted by molar-refractivity contribution is 5.82. The van der Waals surface area contributed by atoms with Gasteiger partial charge in [0.05, 0.1) is 0 Å². The molecule has 6 aromatic rings. The molecule has 0 amide bonds. The molecule has 0 radical (unpaired) electrons. The third kappa shape index (κ3) is 5.15. The van der Waals surface area contributed by atoms with Gasteiger partial charge in [0.2, 0.25) is 0 Å². The van der Waals surface area contributed by atoms with Gasteiger partial charge in [0, 0.05) is 33.6 Å². The number of ether oxygens (including phenoxy) is 1. The first kappa shape index (κ1) is 39.3. The van der Waals surface area contributed by atoms with Gasteiger partial charge in [-0.05, 0) is 195 Å². The molecule has 324 valence electrons. The number of nitrogens with zero attached hydrogens (tertiary/aromatic N) is 1. The Morgan fingerprint density at radius 2 is 0.906 bits per heavy atom. The second kappa shape index (κ2) is 12.8. The molecule has 0 saturated heterocycles. The molecule has 0 N–H and O–H groups in total. The third-order valence-electron chi connectivity index (χ3n) is 19.3. The Labute approximate surface area is 382 Å². The normalized spacial score (nSPS) is 29.5. The largest absolute Gasteiger partial charge is 0.457 e. The molecule has 6 atom stereocenters. The van der Waals surface area contributed by atoms with Crippen LogP contribution in [0.25, 0.3) is 22.3 Å². The van der Waals surface area contributed by atoms with Crippen molar-refractivity contribution < 1.29 is 4.74 Å². The first-order chi connectivity index (χ1) is 30.6. The number of para-hydroxylation sites is 1. The highest BCUT2D eigenvalue weighted by atomic mass is 16.5. The lowest BCUT2D eigenvalue weighted by Gasteiger charge is -2.77. The van der Waals surface area contributed by atoms with Crippen molar-refractivity contribution in [1.82, 2.24) is 0 Å². The molecule has 2 spiro atoms. The monoisotopic (exact) mass is 840 g/mol. The van der Waals surface area contributed by atoms with E-state index in [0.717, 1.165) is 23.3 Å². The Hall–Kier alpha value is -5.08. The summed E-state index contributed by atoms with van der Waals surface area (Å²) in [5.41, 5.74) is 18.9. The Morgan fingerprint density at radius 3 is 1.47 bits per heavy atom. The zero-order valence-corrected chi connectivity index (χ0v) is 39.4. The van der Waals surface area contributed by atoms with Gasteiger partial charge in [0.1, 0.15) is 11.5 Å². The second-order valence-corrected chi connectivity index (χ2v) is 24.3. The molecule has 4 saturated carbocycles. The lowest BCUT2D eigenvalue weighted by molar-refractivity contribution is -0.235. The average molecular weight is 840 g/mol. The minimum atomic E-state index is 0.0226. The molecule has 2 heteroatoms. The van der Waals surface area contributed by atoms with Crippen LogP contribution in [0.2, 0.25) is 0 Å². The first-order valence-electron chi connectivity index (χ1n) is 24.8. The maximum absolute atomic E-state index is 6.89. The van der Waals surface area contributed by atoms with E-state index in [-0.39, 0.29) is 27.1 Å². The Morgan fingerprint density at radius 1 is 0.422 bits per heavy atom. The molecule has 1 heterocycles. The minimum Gasteiger partial charge on any atom is -0.457 e. The van der Waals surface area contributed by atoms with Crippen LogP contribution in [0.3, 0.4) is 0 Å². The van der Waals surface area contributed by atoms with Crippen LogP contribution in [0.15, 0.2) is 127 Å². The van der Waals surface area contributed by atoms with Gasteiger partial charge < -0.3 is 9.64 Å². The van der Waals surface area contributed by atoms with Gasteiger partial charge in [0.15, 0.2) is 0 Å². The fraction of sp³-hybridized carbons (Fsp3) is 0.419. The summed E-state index contributed by atoms with van der Waals surface area (Å²) in [5, 5.41) is 0. The van der Waals surface area contributed by atoms with E-state index in [1.54, 1.807) is 0 Å². The summed E-state index contributed by atoms with van der Waals surface area (Å²) in [5.74, 6) is 5.37. The predicted molar refractivity (Wildman–Crippen MR) is 265 cm³/mol. The second-order valence-electron chi connectivity index (χ2n) is 24.3. The molecule has 6 unspecified atom stereocenters. The van der Waals surface area contributed by atoms with Crippen molar-refractivity contribution in [2.45, 2.75) is 134 Å². The molecule has 2 bridgehead atoms. The maximum Gasteiger partial charge on any atom is 0.131 e. The summed E-state index contributed by atoms with van der Waals surface area (Å²) in [6.45, 7) is 19.4. The van der Waals surface area contributed by atoms with Crippen LogP contribution < -0.4 is 9.64 Å². The van der Waals surface area contributed by atoms with Crippen LogP contribution in [0.4, 0.5) is 17.1 Å². The van der Waals surface area contributed by atoms with Crippen LogP contribution in [-0.4, -0.2) is 0 Å². The summed E-state index contributed by atoms with van der Waals surface area (Å²) >= 11 is 0. The van der Waals surface area contributed by atoms with E-state index in [0.29, 0.717) is 17.3 Å². The van der Waals surface area contributed by atoms with E-state index in [9.17, 15) is 0 Å². The third-order valence-corrected chi connectivity index (χ3v) is 19.3. The van der Waals surface area contributed by atoms with Crippen molar-refractivity contribution in [3.63, 3.8) is 0 Å². The predicted octanol–water partition coefficient (Wildman–Crippen LogP) is 16.6. The van der Waals surface area contributed by atoms with Crippen molar-refractivity contribution in [1.29, 1.82) is 0 Å². The summed E-state index contributed by atoms with van der Waals surface area (Å²) in [4.78, 5) is 2.51. The van der Waals surface area contributed by atoms with Gasteiger partial charge in [-0.1, -0.05) is 134 Å². The highest BCUT2D eigenvalue weighted by Crippen LogP contribution is 2.89. The quantitative estimate of drug-likeness (QED) is 0.171. The molecule has 2 nitrogen and oxygen atoms in total. The lowest BCUT2D eigenvalue weighted by atomic mass is 9.26. The Balaban J connectivity index is 0.926. The fourth-order valence-electron chi connectivity index (χ4n) is 15.8. The standard InChI is InChI=1S/C62H65NO/c1-57(2)27-29-59(5,6)50-33-41(17-24-47(50)57)39-13-19-44(20-14-39)63(45-21-15-40(16-22-45)42-18-25-48-51(34-42)60(7,8)30-28-58(48,3)4)46-23-26-54-52(36-46)62(49-11-9-10-12-53(49)64-54)55-32-38-31-43-35-56(62)61(43,55)37-38/h9-26,33-34,36,38,43,55-56H,27-32,35,37H2,1-8H3. The molecule has 1 aliphatic heterocycles. The summed E-state index contributed by atoms with van der Waals surface area (Å²) in [7, 11) is 0. The van der Waals surface area contributed by atoms with Crippen molar-refractivity contribution in [2.24, 2.45) is 29.1 Å². The first-order valence-corrected chi connectivity index (χ1v) is 24.8. The Bertz CT molecular complexity index is 2790. The molecule has 4 fully saturated rings. The number of fused-ring (bicyclic) bond motifs is 9. The average Bonchev–Trinajstić information content (AvgIpc) is 3.83. The van der Waals surface area contributed by atoms with E-state index >= 15 is 0 Å².